The maximum atomic E-state index is 12.4. The summed E-state index contributed by atoms with van der Waals surface area (Å²) in [6.07, 6.45) is 4.70. The molecule has 18 heavy (non-hydrogen) atoms. The van der Waals surface area contributed by atoms with Crippen LogP contribution in [0.25, 0.3) is 0 Å². The maximum Gasteiger partial charge on any atom is 0.274 e. The first-order valence-corrected chi connectivity index (χ1v) is 6.43. The Labute approximate surface area is 105 Å². The molecule has 0 spiro atoms. The molecule has 98 valence electrons. The number of aromatic amines is 1. The van der Waals surface area contributed by atoms with E-state index in [1.807, 2.05) is 4.90 Å². The van der Waals surface area contributed by atoms with Gasteiger partial charge in [-0.3, -0.25) is 9.89 Å². The lowest BCUT2D eigenvalue weighted by Crippen LogP contribution is -2.38. The van der Waals surface area contributed by atoms with E-state index in [1.165, 1.54) is 6.20 Å². The highest BCUT2D eigenvalue weighted by atomic mass is 16.5. The molecule has 0 radical (unpaired) electrons. The predicted molar refractivity (Wildman–Crippen MR) is 66.0 cm³/mol. The summed E-state index contributed by atoms with van der Waals surface area (Å²) in [5.41, 5.74) is 6.58. The van der Waals surface area contributed by atoms with Crippen LogP contribution in [-0.2, 0) is 4.74 Å². The highest BCUT2D eigenvalue weighted by Crippen LogP contribution is 2.30. The van der Waals surface area contributed by atoms with Crippen LogP contribution in [0.1, 0.15) is 29.8 Å². The molecule has 0 aromatic carbocycles. The van der Waals surface area contributed by atoms with E-state index in [4.69, 9.17) is 10.5 Å². The van der Waals surface area contributed by atoms with Crippen LogP contribution in [0.5, 0.6) is 0 Å². The van der Waals surface area contributed by atoms with Gasteiger partial charge in [0.15, 0.2) is 0 Å². The molecule has 1 aromatic rings. The maximum absolute atomic E-state index is 12.4. The van der Waals surface area contributed by atoms with Gasteiger partial charge in [-0.05, 0) is 19.3 Å². The van der Waals surface area contributed by atoms with E-state index in [9.17, 15) is 4.79 Å². The van der Waals surface area contributed by atoms with Crippen LogP contribution in [0.3, 0.4) is 0 Å². The minimum Gasteiger partial charge on any atom is -0.396 e. The number of rotatable bonds is 4. The normalized spacial score (nSPS) is 23.2. The summed E-state index contributed by atoms with van der Waals surface area (Å²) in [4.78, 5) is 14.4. The van der Waals surface area contributed by atoms with Crippen LogP contribution in [-0.4, -0.2) is 46.8 Å². The van der Waals surface area contributed by atoms with Gasteiger partial charge in [0.25, 0.3) is 5.91 Å². The van der Waals surface area contributed by atoms with Crippen molar-refractivity contribution in [3.05, 3.63) is 11.9 Å². The van der Waals surface area contributed by atoms with Gasteiger partial charge in [0.1, 0.15) is 5.69 Å². The fraction of sp³-hybridized carbons (Fsp3) is 0.667. The molecule has 1 aliphatic heterocycles. The van der Waals surface area contributed by atoms with Crippen molar-refractivity contribution in [2.45, 2.75) is 25.3 Å². The van der Waals surface area contributed by atoms with Crippen molar-refractivity contribution in [2.75, 3.05) is 25.5 Å². The number of H-pyrrole nitrogens is 1. The lowest BCUT2D eigenvalue weighted by atomic mass is 10.1. The molecular weight excluding hydrogens is 232 g/mol. The molecule has 6 heteroatoms. The molecule has 1 unspecified atom stereocenters. The van der Waals surface area contributed by atoms with Crippen molar-refractivity contribution in [1.82, 2.24) is 15.1 Å². The summed E-state index contributed by atoms with van der Waals surface area (Å²) in [6.45, 7) is 2.33. The lowest BCUT2D eigenvalue weighted by Gasteiger charge is -2.24. The molecule has 6 nitrogen and oxygen atoms in total. The van der Waals surface area contributed by atoms with E-state index in [0.29, 0.717) is 23.3 Å². The van der Waals surface area contributed by atoms with Gasteiger partial charge in [0.05, 0.1) is 18.5 Å². The van der Waals surface area contributed by atoms with E-state index in [0.717, 1.165) is 39.0 Å². The fourth-order valence-electron chi connectivity index (χ4n) is 2.40. The average Bonchev–Trinajstić information content (AvgIpc) is 2.89. The molecule has 1 aliphatic carbocycles. The molecule has 3 rings (SSSR count). The average molecular weight is 250 g/mol. The monoisotopic (exact) mass is 250 g/mol. The Balaban J connectivity index is 1.73. The first-order valence-electron chi connectivity index (χ1n) is 6.43. The Morgan fingerprint density at radius 2 is 2.39 bits per heavy atom. The summed E-state index contributed by atoms with van der Waals surface area (Å²) in [7, 11) is 0. The van der Waals surface area contributed by atoms with Crippen LogP contribution >= 0.6 is 0 Å². The second-order valence-electron chi connectivity index (χ2n) is 5.12. The number of nitrogens with one attached hydrogen (secondary N) is 1. The third-order valence-electron chi connectivity index (χ3n) is 3.61. The first kappa shape index (κ1) is 11.5. The van der Waals surface area contributed by atoms with Gasteiger partial charge in [0.2, 0.25) is 0 Å². The molecule has 0 bridgehead atoms. The molecule has 1 saturated heterocycles. The number of nitrogen functional groups attached to an aromatic ring is 1. The molecule has 2 heterocycles. The van der Waals surface area contributed by atoms with Crippen molar-refractivity contribution in [2.24, 2.45) is 5.92 Å². The van der Waals surface area contributed by atoms with Gasteiger partial charge in [-0.25, -0.2) is 0 Å². The van der Waals surface area contributed by atoms with Crippen LogP contribution in [0.15, 0.2) is 6.20 Å². The molecule has 1 atom stereocenters. The van der Waals surface area contributed by atoms with Gasteiger partial charge >= 0.3 is 0 Å². The molecule has 2 aliphatic rings. The Morgan fingerprint density at radius 3 is 2.94 bits per heavy atom. The Morgan fingerprint density at radius 1 is 1.56 bits per heavy atom. The number of hydrogen-bond donors (Lipinski definition) is 2. The second-order valence-corrected chi connectivity index (χ2v) is 5.12. The minimum absolute atomic E-state index is 0.0283. The number of aromatic nitrogens is 2. The van der Waals surface area contributed by atoms with E-state index in [-0.39, 0.29) is 5.91 Å². The van der Waals surface area contributed by atoms with Gasteiger partial charge in [0, 0.05) is 25.1 Å². The van der Waals surface area contributed by atoms with Crippen molar-refractivity contribution in [1.29, 1.82) is 0 Å². The number of anilines is 1. The summed E-state index contributed by atoms with van der Waals surface area (Å²) < 4.78 is 5.37. The number of ether oxygens (including phenoxy) is 1. The van der Waals surface area contributed by atoms with Crippen molar-refractivity contribution >= 4 is 11.6 Å². The molecule has 2 fully saturated rings. The van der Waals surface area contributed by atoms with Crippen molar-refractivity contribution in [3.63, 3.8) is 0 Å². The quantitative estimate of drug-likeness (QED) is 0.821. The van der Waals surface area contributed by atoms with Crippen LogP contribution in [0.4, 0.5) is 5.69 Å². The Bertz CT molecular complexity index is 435. The summed E-state index contributed by atoms with van der Waals surface area (Å²) in [5, 5.41) is 6.51. The van der Waals surface area contributed by atoms with Gasteiger partial charge in [-0.15, -0.1) is 0 Å². The van der Waals surface area contributed by atoms with Gasteiger partial charge < -0.3 is 15.4 Å². The lowest BCUT2D eigenvalue weighted by molar-refractivity contribution is 0.0701. The Kier molecular flexibility index (Phi) is 2.95. The molecule has 1 amide bonds. The second kappa shape index (κ2) is 4.61. The molecular formula is C12H18N4O2. The van der Waals surface area contributed by atoms with Gasteiger partial charge in [-0.2, -0.15) is 5.10 Å². The van der Waals surface area contributed by atoms with Crippen LogP contribution in [0.2, 0.25) is 0 Å². The zero-order chi connectivity index (χ0) is 12.5. The van der Waals surface area contributed by atoms with E-state index in [2.05, 4.69) is 10.2 Å². The number of hydrogen-bond acceptors (Lipinski definition) is 4. The third kappa shape index (κ3) is 2.20. The number of carbonyl (C=O) groups is 1. The summed E-state index contributed by atoms with van der Waals surface area (Å²) in [6, 6.07) is 0.376. The van der Waals surface area contributed by atoms with Crippen LogP contribution < -0.4 is 5.73 Å². The number of amides is 1. The summed E-state index contributed by atoms with van der Waals surface area (Å²) in [5.74, 6) is 0.429. The SMILES string of the molecule is Nc1cn[nH]c1C(=O)N(CC1CCOC1)C1CC1. The standard InChI is InChI=1S/C12H18N4O2/c13-10-5-14-15-11(10)12(17)16(9-1-2-9)6-8-3-4-18-7-8/h5,8-9H,1-4,6-7,13H2,(H,14,15). The number of nitrogens with zero attached hydrogens (tertiary/aromatic N) is 2. The van der Waals surface area contributed by atoms with E-state index < -0.39 is 0 Å². The van der Waals surface area contributed by atoms with Crippen molar-refractivity contribution in [3.8, 4) is 0 Å². The highest BCUT2D eigenvalue weighted by Gasteiger charge is 2.36. The number of nitrogens with two attached hydrogens (primary N) is 1. The summed E-state index contributed by atoms with van der Waals surface area (Å²) >= 11 is 0. The Hall–Kier alpha value is -1.56. The zero-order valence-corrected chi connectivity index (χ0v) is 10.3. The van der Waals surface area contributed by atoms with Gasteiger partial charge in [-0.1, -0.05) is 0 Å². The topological polar surface area (TPSA) is 84.2 Å². The highest BCUT2D eigenvalue weighted by molar-refractivity contribution is 5.97. The van der Waals surface area contributed by atoms with Crippen LogP contribution in [0, 0.1) is 5.92 Å². The number of carbonyl (C=O) groups excluding carboxylic acids is 1. The predicted octanol–water partition coefficient (Wildman–Crippen LogP) is 0.633. The smallest absolute Gasteiger partial charge is 0.274 e. The molecule has 3 N–H and O–H groups in total. The zero-order valence-electron chi connectivity index (χ0n) is 10.3. The van der Waals surface area contributed by atoms with Crippen molar-refractivity contribution < 1.29 is 9.53 Å². The molecule has 1 saturated carbocycles. The van der Waals surface area contributed by atoms with E-state index >= 15 is 0 Å². The largest absolute Gasteiger partial charge is 0.396 e. The fourth-order valence-corrected chi connectivity index (χ4v) is 2.40. The van der Waals surface area contributed by atoms with E-state index in [1.54, 1.807) is 0 Å². The minimum atomic E-state index is -0.0283. The molecule has 1 aromatic heterocycles. The third-order valence-corrected chi connectivity index (χ3v) is 3.61. The first-order chi connectivity index (χ1) is 8.75.